The largest absolute Gasteiger partial charge is 0.499 e. The Balaban J connectivity index is 1.95. The van der Waals surface area contributed by atoms with E-state index in [1.165, 1.54) is 5.57 Å². The summed E-state index contributed by atoms with van der Waals surface area (Å²) in [5.41, 5.74) is 2.50. The third-order valence-corrected chi connectivity index (χ3v) is 13.2. The number of rotatable bonds is 4. The van der Waals surface area contributed by atoms with Gasteiger partial charge in [0.1, 0.15) is 31.4 Å². The first kappa shape index (κ1) is 21.4. The molecule has 1 aliphatic carbocycles. The van der Waals surface area contributed by atoms with Gasteiger partial charge in [0, 0.05) is 19.4 Å². The van der Waals surface area contributed by atoms with E-state index >= 15 is 0 Å². The van der Waals surface area contributed by atoms with Gasteiger partial charge in [-0.2, -0.15) is 5.26 Å². The first-order valence-electron chi connectivity index (χ1n) is 10.7. The molecule has 0 aromatic heterocycles. The van der Waals surface area contributed by atoms with Gasteiger partial charge in [-0.25, -0.2) is 0 Å². The second-order valence-electron chi connectivity index (χ2n) is 10.3. The molecule has 3 aliphatic rings. The molecule has 4 atom stereocenters. The van der Waals surface area contributed by atoms with E-state index in [1.807, 2.05) is 12.1 Å². The van der Waals surface area contributed by atoms with Crippen molar-refractivity contribution in [1.82, 2.24) is 0 Å². The van der Waals surface area contributed by atoms with Gasteiger partial charge in [0.2, 0.25) is 0 Å². The third kappa shape index (κ3) is 2.79. The van der Waals surface area contributed by atoms with E-state index in [9.17, 15) is 5.26 Å². The molecule has 0 amide bonds. The molecule has 1 saturated heterocycles. The molecule has 1 fully saturated rings. The fraction of sp³-hybridized carbons (Fsp3) is 0.625. The van der Waals surface area contributed by atoms with E-state index in [-0.39, 0.29) is 23.2 Å². The Labute approximate surface area is 181 Å². The molecule has 6 heteroatoms. The number of fused-ring (bicyclic) bond motifs is 2. The first-order valence-corrected chi connectivity index (χ1v) is 13.7. The maximum absolute atomic E-state index is 10.7. The first-order chi connectivity index (χ1) is 14.1. The summed E-state index contributed by atoms with van der Waals surface area (Å²) in [6.45, 7) is 12.5. The van der Waals surface area contributed by atoms with Gasteiger partial charge in [0.25, 0.3) is 0 Å². The molecule has 162 valence electrons. The fourth-order valence-corrected chi connectivity index (χ4v) is 7.45. The zero-order valence-corrected chi connectivity index (χ0v) is 20.2. The lowest BCUT2D eigenvalue weighted by Gasteiger charge is -2.49. The van der Waals surface area contributed by atoms with Crippen LogP contribution in [0.1, 0.15) is 31.9 Å². The highest BCUT2D eigenvalue weighted by Crippen LogP contribution is 2.58. The lowest BCUT2D eigenvalue weighted by atomic mass is 9.57. The van der Waals surface area contributed by atoms with Crippen molar-refractivity contribution in [3.8, 4) is 11.8 Å². The Morgan fingerprint density at radius 1 is 1.27 bits per heavy atom. The average Bonchev–Trinajstić information content (AvgIpc) is 3.08. The Hall–Kier alpha value is -1.81. The predicted molar refractivity (Wildman–Crippen MR) is 118 cm³/mol. The van der Waals surface area contributed by atoms with Gasteiger partial charge in [-0.1, -0.05) is 39.9 Å². The molecule has 2 heterocycles. The highest BCUT2D eigenvalue weighted by atomic mass is 28.3. The summed E-state index contributed by atoms with van der Waals surface area (Å²) in [5, 5.41) is 12.0. The molecule has 0 bridgehead atoms. The Kier molecular flexibility index (Phi) is 5.08. The second-order valence-corrected chi connectivity index (χ2v) is 15.5. The average molecular weight is 428 g/mol. The quantitative estimate of drug-likeness (QED) is 0.668. The minimum Gasteiger partial charge on any atom is -0.499 e. The minimum absolute atomic E-state index is 0.0138. The van der Waals surface area contributed by atoms with Crippen molar-refractivity contribution in [3.05, 3.63) is 40.3 Å². The van der Waals surface area contributed by atoms with Crippen LogP contribution in [0.5, 0.6) is 5.75 Å². The van der Waals surface area contributed by atoms with Gasteiger partial charge in [-0.3, -0.25) is 0 Å². The maximum Gasteiger partial charge on any atom is 0.130 e. The predicted octanol–water partition coefficient (Wildman–Crippen LogP) is 4.37. The number of ether oxygens (including phenoxy) is 4. The Morgan fingerprint density at radius 2 is 2.00 bits per heavy atom. The monoisotopic (exact) mass is 427 g/mol. The molecule has 5 nitrogen and oxygen atoms in total. The summed E-state index contributed by atoms with van der Waals surface area (Å²) in [6, 6.07) is 8.78. The molecule has 2 unspecified atom stereocenters. The van der Waals surface area contributed by atoms with Gasteiger partial charge in [0.05, 0.1) is 31.8 Å². The third-order valence-electron chi connectivity index (χ3n) is 7.88. The van der Waals surface area contributed by atoms with Crippen molar-refractivity contribution in [2.75, 3.05) is 27.4 Å². The molecule has 0 N–H and O–H groups in total. The second kappa shape index (κ2) is 7.12. The highest BCUT2D eigenvalue weighted by molar-refractivity contribution is 6.86. The molecule has 0 spiro atoms. The molecule has 4 rings (SSSR count). The summed E-state index contributed by atoms with van der Waals surface area (Å²) >= 11 is 0. The molecule has 0 radical (unpaired) electrons. The molecule has 30 heavy (non-hydrogen) atoms. The lowest BCUT2D eigenvalue weighted by Crippen LogP contribution is -2.58. The van der Waals surface area contributed by atoms with Crippen LogP contribution < -0.4 is 4.74 Å². The highest BCUT2D eigenvalue weighted by Gasteiger charge is 2.63. The van der Waals surface area contributed by atoms with Crippen molar-refractivity contribution in [2.45, 2.75) is 62.9 Å². The maximum atomic E-state index is 10.7. The van der Waals surface area contributed by atoms with Crippen molar-refractivity contribution in [1.29, 1.82) is 5.26 Å². The van der Waals surface area contributed by atoms with E-state index in [4.69, 9.17) is 18.9 Å². The molecule has 2 aliphatic heterocycles. The number of nitrogens with zero attached hydrogens (tertiary/aromatic N) is 1. The van der Waals surface area contributed by atoms with Crippen molar-refractivity contribution in [3.63, 3.8) is 0 Å². The van der Waals surface area contributed by atoms with Crippen LogP contribution in [0, 0.1) is 17.2 Å². The van der Waals surface area contributed by atoms with Gasteiger partial charge < -0.3 is 18.9 Å². The summed E-state index contributed by atoms with van der Waals surface area (Å²) in [5.74, 6) is 0.748. The summed E-state index contributed by atoms with van der Waals surface area (Å²) in [7, 11) is 1.39. The normalized spacial score (nSPS) is 30.3. The van der Waals surface area contributed by atoms with Gasteiger partial charge in [-0.15, -0.1) is 0 Å². The van der Waals surface area contributed by atoms with Crippen LogP contribution in [-0.2, 0) is 26.0 Å². The van der Waals surface area contributed by atoms with E-state index < -0.39 is 13.5 Å². The minimum atomic E-state index is -1.94. The fourth-order valence-electron chi connectivity index (χ4n) is 5.29. The number of nitriles is 1. The molecule has 1 aromatic carbocycles. The molecule has 0 saturated carbocycles. The standard InChI is InChI=1S/C24H33NO4Si/c1-23(2,3)30(6,7)22-17-12-28-20(13-26-4)24(14-25)18-11-16(27-5)9-8-15(18)10-19(29-22)21(17)24/h8-9,11,19-21H,10,12-13H2,1-7H3/t19-,20?,21-,24?/m1/s1. The van der Waals surface area contributed by atoms with Crippen LogP contribution in [0.2, 0.25) is 18.1 Å². The van der Waals surface area contributed by atoms with Crippen molar-refractivity contribution in [2.24, 2.45) is 5.92 Å². The zero-order valence-electron chi connectivity index (χ0n) is 19.2. The zero-order chi connectivity index (χ0) is 21.9. The number of hydrogen-bond acceptors (Lipinski definition) is 5. The van der Waals surface area contributed by atoms with E-state index in [1.54, 1.807) is 14.2 Å². The Morgan fingerprint density at radius 3 is 2.60 bits per heavy atom. The smallest absolute Gasteiger partial charge is 0.130 e. The number of hydrogen-bond donors (Lipinski definition) is 0. The van der Waals surface area contributed by atoms with Crippen molar-refractivity contribution >= 4 is 8.07 Å². The van der Waals surface area contributed by atoms with E-state index in [0.29, 0.717) is 13.2 Å². The van der Waals surface area contributed by atoms with E-state index in [2.05, 4.69) is 46.0 Å². The number of methoxy groups -OCH3 is 2. The van der Waals surface area contributed by atoms with Gasteiger partial charge in [-0.05, 0) is 33.9 Å². The van der Waals surface area contributed by atoms with Gasteiger partial charge in [0.15, 0.2) is 0 Å². The Bertz CT molecular complexity index is 926. The van der Waals surface area contributed by atoms with Gasteiger partial charge >= 0.3 is 0 Å². The van der Waals surface area contributed by atoms with Crippen LogP contribution in [0.15, 0.2) is 29.2 Å². The molecule has 1 aromatic rings. The van der Waals surface area contributed by atoms with Crippen LogP contribution in [-0.4, -0.2) is 47.7 Å². The van der Waals surface area contributed by atoms with Crippen LogP contribution >= 0.6 is 0 Å². The summed E-state index contributed by atoms with van der Waals surface area (Å²) in [6.07, 6.45) is 0.416. The summed E-state index contributed by atoms with van der Waals surface area (Å²) in [4.78, 5) is 0. The van der Waals surface area contributed by atoms with Crippen LogP contribution in [0.25, 0.3) is 0 Å². The number of benzene rings is 1. The van der Waals surface area contributed by atoms with E-state index in [0.717, 1.165) is 28.7 Å². The molecular formula is C24H33NO4Si. The SMILES string of the molecule is COCC1OCC2=C([Si](C)(C)C(C)(C)C)O[C@@H]3Cc4ccc(OC)cc4C1(C#N)[C@H]23. The summed E-state index contributed by atoms with van der Waals surface area (Å²) < 4.78 is 24.2. The topological polar surface area (TPSA) is 60.7 Å². The van der Waals surface area contributed by atoms with Crippen LogP contribution in [0.4, 0.5) is 0 Å². The van der Waals surface area contributed by atoms with Crippen molar-refractivity contribution < 1.29 is 18.9 Å². The van der Waals surface area contributed by atoms with Crippen LogP contribution in [0.3, 0.4) is 0 Å². The molecular weight excluding hydrogens is 394 g/mol. The lowest BCUT2D eigenvalue weighted by molar-refractivity contribution is -0.0774.